The van der Waals surface area contributed by atoms with E-state index in [0.29, 0.717) is 43.4 Å². The molecule has 0 bridgehead atoms. The Balaban J connectivity index is 2.00. The first kappa shape index (κ1) is 13.8. The highest BCUT2D eigenvalue weighted by molar-refractivity contribution is 6.07. The number of benzene rings is 1. The molecule has 1 aliphatic heterocycles. The van der Waals surface area contributed by atoms with Gasteiger partial charge in [-0.1, -0.05) is 0 Å². The van der Waals surface area contributed by atoms with Crippen LogP contribution in [-0.2, 0) is 4.74 Å². The van der Waals surface area contributed by atoms with Crippen molar-refractivity contribution in [3.63, 3.8) is 0 Å². The molecule has 1 aromatic carbocycles. The number of ether oxygens (including phenoxy) is 3. The molecule has 3 rings (SSSR count). The number of fused-ring (bicyclic) bond motifs is 1. The number of morpholine rings is 1. The van der Waals surface area contributed by atoms with Gasteiger partial charge in [0, 0.05) is 30.7 Å². The van der Waals surface area contributed by atoms with E-state index in [1.54, 1.807) is 20.4 Å². The van der Waals surface area contributed by atoms with E-state index in [4.69, 9.17) is 14.2 Å². The van der Waals surface area contributed by atoms with Crippen molar-refractivity contribution in [2.45, 2.75) is 0 Å². The quantitative estimate of drug-likeness (QED) is 0.933. The van der Waals surface area contributed by atoms with Gasteiger partial charge in [-0.15, -0.1) is 0 Å². The Bertz CT molecular complexity index is 659. The molecular weight excluding hydrogens is 272 g/mol. The fourth-order valence-corrected chi connectivity index (χ4v) is 2.56. The second kappa shape index (κ2) is 5.65. The first-order chi connectivity index (χ1) is 10.2. The summed E-state index contributed by atoms with van der Waals surface area (Å²) in [5, 5.41) is 0.837. The van der Waals surface area contributed by atoms with Crippen molar-refractivity contribution in [3.8, 4) is 11.5 Å². The Labute approximate surface area is 122 Å². The summed E-state index contributed by atoms with van der Waals surface area (Å²) in [5.41, 5.74) is 1.50. The van der Waals surface area contributed by atoms with Gasteiger partial charge in [-0.2, -0.15) is 0 Å². The Kier molecular flexibility index (Phi) is 3.70. The summed E-state index contributed by atoms with van der Waals surface area (Å²) in [6, 6.07) is 3.67. The number of aromatic nitrogens is 1. The number of carbonyl (C=O) groups excluding carboxylic acids is 1. The summed E-state index contributed by atoms with van der Waals surface area (Å²) in [6.45, 7) is 2.42. The predicted octanol–water partition coefficient (Wildman–Crippen LogP) is 1.66. The van der Waals surface area contributed by atoms with Crippen molar-refractivity contribution < 1.29 is 19.0 Å². The van der Waals surface area contributed by atoms with E-state index in [-0.39, 0.29) is 5.91 Å². The van der Waals surface area contributed by atoms with Crippen LogP contribution in [0.3, 0.4) is 0 Å². The molecular formula is C15H18N2O4. The van der Waals surface area contributed by atoms with Gasteiger partial charge >= 0.3 is 0 Å². The van der Waals surface area contributed by atoms with Gasteiger partial charge in [0.2, 0.25) is 0 Å². The van der Waals surface area contributed by atoms with Crippen molar-refractivity contribution in [3.05, 3.63) is 23.9 Å². The molecule has 2 heterocycles. The van der Waals surface area contributed by atoms with Gasteiger partial charge in [0.1, 0.15) is 0 Å². The minimum Gasteiger partial charge on any atom is -0.493 e. The molecule has 0 atom stereocenters. The molecule has 0 radical (unpaired) electrons. The summed E-state index contributed by atoms with van der Waals surface area (Å²) in [4.78, 5) is 17.5. The second-order valence-electron chi connectivity index (χ2n) is 4.86. The van der Waals surface area contributed by atoms with Gasteiger partial charge in [-0.3, -0.25) is 4.79 Å². The molecule has 1 saturated heterocycles. The predicted molar refractivity (Wildman–Crippen MR) is 78.1 cm³/mol. The number of hydrogen-bond acceptors (Lipinski definition) is 4. The van der Waals surface area contributed by atoms with Crippen molar-refractivity contribution in [2.75, 3.05) is 40.5 Å². The van der Waals surface area contributed by atoms with E-state index in [1.807, 2.05) is 17.0 Å². The third-order valence-corrected chi connectivity index (χ3v) is 3.71. The third-order valence-electron chi connectivity index (χ3n) is 3.71. The van der Waals surface area contributed by atoms with Crippen molar-refractivity contribution in [1.82, 2.24) is 9.88 Å². The van der Waals surface area contributed by atoms with Gasteiger partial charge in [-0.25, -0.2) is 0 Å². The van der Waals surface area contributed by atoms with E-state index >= 15 is 0 Å². The fourth-order valence-electron chi connectivity index (χ4n) is 2.56. The minimum atomic E-state index is 0.0109. The normalized spacial score (nSPS) is 15.2. The maximum atomic E-state index is 12.6. The molecule has 0 aliphatic carbocycles. The molecule has 112 valence electrons. The van der Waals surface area contributed by atoms with E-state index in [1.165, 1.54) is 0 Å². The zero-order valence-electron chi connectivity index (χ0n) is 12.1. The molecule has 1 fully saturated rings. The molecule has 21 heavy (non-hydrogen) atoms. The average molecular weight is 290 g/mol. The van der Waals surface area contributed by atoms with Crippen LogP contribution in [0.25, 0.3) is 10.9 Å². The van der Waals surface area contributed by atoms with E-state index in [9.17, 15) is 4.79 Å². The zero-order chi connectivity index (χ0) is 14.8. The highest BCUT2D eigenvalue weighted by atomic mass is 16.5. The van der Waals surface area contributed by atoms with Gasteiger partial charge in [0.15, 0.2) is 11.5 Å². The van der Waals surface area contributed by atoms with Gasteiger partial charge in [0.25, 0.3) is 5.91 Å². The monoisotopic (exact) mass is 290 g/mol. The van der Waals surface area contributed by atoms with Crippen molar-refractivity contribution >= 4 is 16.8 Å². The summed E-state index contributed by atoms with van der Waals surface area (Å²) < 4.78 is 15.9. The summed E-state index contributed by atoms with van der Waals surface area (Å²) in [5.74, 6) is 1.26. The van der Waals surface area contributed by atoms with Crippen LogP contribution >= 0.6 is 0 Å². The zero-order valence-corrected chi connectivity index (χ0v) is 12.1. The maximum Gasteiger partial charge on any atom is 0.256 e. The Hall–Kier alpha value is -2.21. The Morgan fingerprint density at radius 3 is 2.52 bits per heavy atom. The lowest BCUT2D eigenvalue weighted by atomic mass is 10.1. The standard InChI is InChI=1S/C15H18N2O4/c1-19-13-7-10-11(9-16-12(10)8-14(13)20-2)15(18)17-3-5-21-6-4-17/h7-9,16H,3-6H2,1-2H3. The van der Waals surface area contributed by atoms with Gasteiger partial charge < -0.3 is 24.1 Å². The van der Waals surface area contributed by atoms with Gasteiger partial charge in [0.05, 0.1) is 38.5 Å². The third kappa shape index (κ3) is 2.42. The molecule has 1 aromatic heterocycles. The second-order valence-corrected chi connectivity index (χ2v) is 4.86. The van der Waals surface area contributed by atoms with Crippen molar-refractivity contribution in [1.29, 1.82) is 0 Å². The lowest BCUT2D eigenvalue weighted by Gasteiger charge is -2.26. The molecule has 0 unspecified atom stereocenters. The summed E-state index contributed by atoms with van der Waals surface area (Å²) in [6.07, 6.45) is 1.74. The molecule has 1 amide bonds. The number of nitrogens with zero attached hydrogens (tertiary/aromatic N) is 1. The first-order valence-corrected chi connectivity index (χ1v) is 6.84. The van der Waals surface area contributed by atoms with Crippen LogP contribution in [0.5, 0.6) is 11.5 Å². The number of carbonyl (C=O) groups is 1. The minimum absolute atomic E-state index is 0.0109. The van der Waals surface area contributed by atoms with Crippen LogP contribution in [-0.4, -0.2) is 56.3 Å². The van der Waals surface area contributed by atoms with Crippen LogP contribution in [0.1, 0.15) is 10.4 Å². The molecule has 1 N–H and O–H groups in total. The van der Waals surface area contributed by atoms with Crippen LogP contribution < -0.4 is 9.47 Å². The highest BCUT2D eigenvalue weighted by Gasteiger charge is 2.22. The number of amides is 1. The Morgan fingerprint density at radius 2 is 1.86 bits per heavy atom. The smallest absolute Gasteiger partial charge is 0.256 e. The SMILES string of the molecule is COc1cc2[nH]cc(C(=O)N3CCOCC3)c2cc1OC. The van der Waals surface area contributed by atoms with Gasteiger partial charge in [-0.05, 0) is 6.07 Å². The number of nitrogens with one attached hydrogen (secondary N) is 1. The number of hydrogen-bond donors (Lipinski definition) is 1. The van der Waals surface area contributed by atoms with E-state index in [0.717, 1.165) is 10.9 Å². The Morgan fingerprint density at radius 1 is 1.19 bits per heavy atom. The maximum absolute atomic E-state index is 12.6. The summed E-state index contributed by atoms with van der Waals surface area (Å²) >= 11 is 0. The van der Waals surface area contributed by atoms with Crippen LogP contribution in [0.4, 0.5) is 0 Å². The molecule has 6 heteroatoms. The molecule has 2 aromatic rings. The first-order valence-electron chi connectivity index (χ1n) is 6.84. The number of H-pyrrole nitrogens is 1. The molecule has 0 saturated carbocycles. The number of aromatic amines is 1. The fraction of sp³-hybridized carbons (Fsp3) is 0.400. The largest absolute Gasteiger partial charge is 0.493 e. The molecule has 0 spiro atoms. The highest BCUT2D eigenvalue weighted by Crippen LogP contribution is 2.33. The van der Waals surface area contributed by atoms with Crippen LogP contribution in [0.15, 0.2) is 18.3 Å². The average Bonchev–Trinajstić information content (AvgIpc) is 2.96. The van der Waals surface area contributed by atoms with Crippen LogP contribution in [0, 0.1) is 0 Å². The number of methoxy groups -OCH3 is 2. The number of rotatable bonds is 3. The summed E-state index contributed by atoms with van der Waals surface area (Å²) in [7, 11) is 3.17. The van der Waals surface area contributed by atoms with E-state index in [2.05, 4.69) is 4.98 Å². The topological polar surface area (TPSA) is 63.8 Å². The van der Waals surface area contributed by atoms with Crippen LogP contribution in [0.2, 0.25) is 0 Å². The van der Waals surface area contributed by atoms with Crippen molar-refractivity contribution in [2.24, 2.45) is 0 Å². The van der Waals surface area contributed by atoms with E-state index < -0.39 is 0 Å². The molecule has 1 aliphatic rings. The lowest BCUT2D eigenvalue weighted by molar-refractivity contribution is 0.0304. The molecule has 6 nitrogen and oxygen atoms in total. The lowest BCUT2D eigenvalue weighted by Crippen LogP contribution is -2.40.